The second kappa shape index (κ2) is 13.1. The zero-order chi connectivity index (χ0) is 15.2. The van der Waals surface area contributed by atoms with Crippen LogP contribution in [0.1, 0.15) is 31.2 Å². The average molecular weight is 312 g/mol. The van der Waals surface area contributed by atoms with Gasteiger partial charge in [0.15, 0.2) is 0 Å². The van der Waals surface area contributed by atoms with Gasteiger partial charge in [0.1, 0.15) is 0 Å². The smallest absolute Gasteiger partial charge is 0.0697 e. The first-order chi connectivity index (χ1) is 10.3. The normalized spacial score (nSPS) is 11.0. The van der Waals surface area contributed by atoms with Crippen LogP contribution in [0.25, 0.3) is 0 Å². The van der Waals surface area contributed by atoms with Crippen LogP contribution < -0.4 is 0 Å². The van der Waals surface area contributed by atoms with Crippen LogP contribution in [-0.2, 0) is 9.47 Å². The van der Waals surface area contributed by atoms with Gasteiger partial charge in [-0.1, -0.05) is 17.7 Å². The third-order valence-corrected chi connectivity index (χ3v) is 4.13. The molecule has 4 heteroatoms. The minimum Gasteiger partial charge on any atom is -0.394 e. The van der Waals surface area contributed by atoms with E-state index in [1.54, 1.807) is 0 Å². The van der Waals surface area contributed by atoms with Crippen LogP contribution in [0.4, 0.5) is 0 Å². The second-order valence-corrected chi connectivity index (χ2v) is 6.19. The molecule has 0 amide bonds. The highest BCUT2D eigenvalue weighted by atomic mass is 32.2. The maximum absolute atomic E-state index is 8.55. The number of aliphatic hydroxyl groups excluding tert-OH is 1. The van der Waals surface area contributed by atoms with Crippen molar-refractivity contribution in [2.45, 2.75) is 37.5 Å². The van der Waals surface area contributed by atoms with Gasteiger partial charge in [-0.2, -0.15) is 0 Å². The van der Waals surface area contributed by atoms with Crippen molar-refractivity contribution in [1.29, 1.82) is 0 Å². The molecule has 0 heterocycles. The number of unbranched alkanes of at least 4 members (excludes halogenated alkanes) is 2. The van der Waals surface area contributed by atoms with Gasteiger partial charge in [-0.05, 0) is 44.7 Å². The number of hydrogen-bond donors (Lipinski definition) is 1. The minimum absolute atomic E-state index is 0.115. The number of aliphatic hydroxyl groups is 1. The molecule has 1 aromatic carbocycles. The summed E-state index contributed by atoms with van der Waals surface area (Å²) in [6.07, 6.45) is 4.36. The van der Waals surface area contributed by atoms with Crippen molar-refractivity contribution in [2.24, 2.45) is 0 Å². The van der Waals surface area contributed by atoms with Crippen LogP contribution in [0.15, 0.2) is 29.2 Å². The zero-order valence-electron chi connectivity index (χ0n) is 13.1. The van der Waals surface area contributed by atoms with Crippen LogP contribution in [-0.4, -0.2) is 43.9 Å². The van der Waals surface area contributed by atoms with Crippen LogP contribution in [0.2, 0.25) is 0 Å². The molecule has 0 aliphatic rings. The Morgan fingerprint density at radius 3 is 2.14 bits per heavy atom. The van der Waals surface area contributed by atoms with E-state index >= 15 is 0 Å². The van der Waals surface area contributed by atoms with Gasteiger partial charge >= 0.3 is 0 Å². The first kappa shape index (κ1) is 18.5. The molecule has 0 atom stereocenters. The van der Waals surface area contributed by atoms with Crippen molar-refractivity contribution in [2.75, 3.05) is 38.8 Å². The zero-order valence-corrected chi connectivity index (χ0v) is 13.9. The SMILES string of the molecule is Cc1ccc(SCCCOCCCCCOCCO)cc1. The molecule has 0 aliphatic heterocycles. The summed E-state index contributed by atoms with van der Waals surface area (Å²) in [5.41, 5.74) is 1.31. The van der Waals surface area contributed by atoms with E-state index in [-0.39, 0.29) is 6.61 Å². The Bertz CT molecular complexity index is 340. The van der Waals surface area contributed by atoms with Crippen LogP contribution >= 0.6 is 11.8 Å². The van der Waals surface area contributed by atoms with E-state index in [4.69, 9.17) is 14.6 Å². The lowest BCUT2D eigenvalue weighted by Crippen LogP contribution is -2.02. The summed E-state index contributed by atoms with van der Waals surface area (Å²) in [6, 6.07) is 8.67. The summed E-state index contributed by atoms with van der Waals surface area (Å²) in [5.74, 6) is 1.11. The molecule has 120 valence electrons. The predicted octanol–water partition coefficient (Wildman–Crippen LogP) is 3.67. The topological polar surface area (TPSA) is 38.7 Å². The molecule has 0 saturated heterocycles. The molecule has 0 spiro atoms. The molecule has 0 unspecified atom stereocenters. The van der Waals surface area contributed by atoms with Crippen LogP contribution in [0, 0.1) is 6.92 Å². The highest BCUT2D eigenvalue weighted by Crippen LogP contribution is 2.18. The summed E-state index contributed by atoms with van der Waals surface area (Å²) in [5, 5.41) is 8.55. The van der Waals surface area contributed by atoms with Crippen molar-refractivity contribution < 1.29 is 14.6 Å². The molecule has 0 bridgehead atoms. The van der Waals surface area contributed by atoms with Gasteiger partial charge in [0.2, 0.25) is 0 Å². The number of rotatable bonds is 13. The monoisotopic (exact) mass is 312 g/mol. The van der Waals surface area contributed by atoms with Gasteiger partial charge in [0.05, 0.1) is 13.2 Å². The third kappa shape index (κ3) is 10.8. The van der Waals surface area contributed by atoms with Gasteiger partial charge in [-0.3, -0.25) is 0 Å². The average Bonchev–Trinajstić information content (AvgIpc) is 2.50. The maximum atomic E-state index is 8.55. The lowest BCUT2D eigenvalue weighted by molar-refractivity contribution is 0.0861. The number of hydrogen-bond acceptors (Lipinski definition) is 4. The van der Waals surface area contributed by atoms with Gasteiger partial charge in [0.25, 0.3) is 0 Å². The summed E-state index contributed by atoms with van der Waals surface area (Å²) in [4.78, 5) is 1.34. The van der Waals surface area contributed by atoms with Gasteiger partial charge in [-0.15, -0.1) is 11.8 Å². The van der Waals surface area contributed by atoms with Crippen molar-refractivity contribution in [3.05, 3.63) is 29.8 Å². The Balaban J connectivity index is 1.81. The molecule has 1 aromatic rings. The van der Waals surface area contributed by atoms with E-state index in [1.165, 1.54) is 10.5 Å². The molecule has 21 heavy (non-hydrogen) atoms. The summed E-state index contributed by atoms with van der Waals surface area (Å²) >= 11 is 1.89. The fraction of sp³-hybridized carbons (Fsp3) is 0.647. The molecule has 1 rings (SSSR count). The van der Waals surface area contributed by atoms with Gasteiger partial charge in [0, 0.05) is 30.5 Å². The Morgan fingerprint density at radius 2 is 1.48 bits per heavy atom. The van der Waals surface area contributed by atoms with Gasteiger partial charge in [-0.25, -0.2) is 0 Å². The van der Waals surface area contributed by atoms with Gasteiger partial charge < -0.3 is 14.6 Å². The Labute approximate surface area is 133 Å². The molecular formula is C17H28O3S. The van der Waals surface area contributed by atoms with Crippen molar-refractivity contribution in [3.8, 4) is 0 Å². The standard InChI is InChI=1S/C17H28O3S/c1-16-6-8-17(9-7-16)21-15-5-13-19-11-3-2-4-12-20-14-10-18/h6-9,18H,2-5,10-15H2,1H3. The second-order valence-electron chi connectivity index (χ2n) is 5.02. The van der Waals surface area contributed by atoms with Crippen molar-refractivity contribution >= 4 is 11.8 Å². The third-order valence-electron chi connectivity index (χ3n) is 3.04. The van der Waals surface area contributed by atoms with E-state index < -0.39 is 0 Å². The van der Waals surface area contributed by atoms with E-state index in [0.29, 0.717) is 6.61 Å². The Kier molecular flexibility index (Phi) is 11.6. The first-order valence-electron chi connectivity index (χ1n) is 7.79. The quantitative estimate of drug-likeness (QED) is 0.445. The molecule has 0 aromatic heterocycles. The summed E-state index contributed by atoms with van der Waals surface area (Å²) in [7, 11) is 0. The van der Waals surface area contributed by atoms with Crippen LogP contribution in [0.5, 0.6) is 0 Å². The number of aryl methyl sites for hydroxylation is 1. The van der Waals surface area contributed by atoms with E-state index in [1.807, 2.05) is 11.8 Å². The Morgan fingerprint density at radius 1 is 0.857 bits per heavy atom. The molecule has 3 nitrogen and oxygen atoms in total. The maximum Gasteiger partial charge on any atom is 0.0697 e. The molecular weight excluding hydrogens is 284 g/mol. The Hall–Kier alpha value is -0.550. The van der Waals surface area contributed by atoms with Crippen LogP contribution in [0.3, 0.4) is 0 Å². The fourth-order valence-electron chi connectivity index (χ4n) is 1.84. The predicted molar refractivity (Wildman–Crippen MR) is 89.1 cm³/mol. The molecule has 0 fully saturated rings. The van der Waals surface area contributed by atoms with E-state index in [2.05, 4.69) is 31.2 Å². The molecule has 0 aliphatic carbocycles. The van der Waals surface area contributed by atoms with E-state index in [9.17, 15) is 0 Å². The number of benzene rings is 1. The molecule has 0 radical (unpaired) electrons. The molecule has 1 N–H and O–H groups in total. The lowest BCUT2D eigenvalue weighted by atomic mass is 10.2. The summed E-state index contributed by atoms with van der Waals surface area (Å²) in [6.45, 7) is 5.11. The highest BCUT2D eigenvalue weighted by molar-refractivity contribution is 7.99. The highest BCUT2D eigenvalue weighted by Gasteiger charge is 1.95. The first-order valence-corrected chi connectivity index (χ1v) is 8.77. The van der Waals surface area contributed by atoms with Crippen molar-refractivity contribution in [1.82, 2.24) is 0 Å². The minimum atomic E-state index is 0.115. The molecule has 0 saturated carbocycles. The number of ether oxygens (including phenoxy) is 2. The lowest BCUT2D eigenvalue weighted by Gasteiger charge is -2.05. The van der Waals surface area contributed by atoms with Crippen molar-refractivity contribution in [3.63, 3.8) is 0 Å². The summed E-state index contributed by atoms with van der Waals surface area (Å²) < 4.78 is 10.8. The number of thioether (sulfide) groups is 1. The largest absolute Gasteiger partial charge is 0.394 e. The fourth-order valence-corrected chi connectivity index (χ4v) is 2.67. The van der Waals surface area contributed by atoms with E-state index in [0.717, 1.165) is 51.3 Å².